The molecule has 1 saturated heterocycles. The molecule has 5 nitrogen and oxygen atoms in total. The molecule has 28 heavy (non-hydrogen) atoms. The van der Waals surface area contributed by atoms with Crippen LogP contribution in [0.3, 0.4) is 0 Å². The minimum Gasteiger partial charge on any atom is -0.459 e. The van der Waals surface area contributed by atoms with Crippen molar-refractivity contribution < 1.29 is 14.3 Å². The van der Waals surface area contributed by atoms with Crippen LogP contribution in [-0.2, 0) is 14.3 Å². The van der Waals surface area contributed by atoms with E-state index in [1.165, 1.54) is 17.4 Å². The summed E-state index contributed by atoms with van der Waals surface area (Å²) in [5, 5.41) is 0.646. The Hall–Kier alpha value is -2.21. The fraction of sp³-hybridized carbons (Fsp3) is 0.500. The number of likely N-dealkylation sites (tertiary alicyclic amines) is 1. The van der Waals surface area contributed by atoms with Crippen molar-refractivity contribution in [2.24, 2.45) is 5.92 Å². The van der Waals surface area contributed by atoms with E-state index in [1.807, 2.05) is 49.9 Å². The zero-order chi connectivity index (χ0) is 20.3. The van der Waals surface area contributed by atoms with Gasteiger partial charge in [0.1, 0.15) is 16.5 Å². The first-order chi connectivity index (χ1) is 13.3. The second-order valence-corrected chi connectivity index (χ2v) is 9.24. The maximum atomic E-state index is 13.5. The first kappa shape index (κ1) is 20.5. The lowest BCUT2D eigenvalue weighted by molar-refractivity contribution is -0.161. The molecule has 0 N–H and O–H groups in total. The average Bonchev–Trinajstić information content (AvgIpc) is 3.08. The summed E-state index contributed by atoms with van der Waals surface area (Å²) in [5.41, 5.74) is 0.205. The van der Waals surface area contributed by atoms with Crippen LogP contribution in [-0.4, -0.2) is 40.5 Å². The van der Waals surface area contributed by atoms with Gasteiger partial charge in [-0.25, -0.2) is 4.98 Å². The molecule has 1 fully saturated rings. The zero-order valence-electron chi connectivity index (χ0n) is 16.8. The Kier molecular flexibility index (Phi) is 6.18. The lowest BCUT2D eigenvalue weighted by atomic mass is 9.90. The second-order valence-electron chi connectivity index (χ2n) is 8.18. The first-order valence-electron chi connectivity index (χ1n) is 9.80. The number of nitrogens with zero attached hydrogens (tertiary/aromatic N) is 2. The van der Waals surface area contributed by atoms with Gasteiger partial charge < -0.3 is 9.64 Å². The summed E-state index contributed by atoms with van der Waals surface area (Å²) in [6, 6.07) is 7.78. The summed E-state index contributed by atoms with van der Waals surface area (Å²) in [5.74, 6) is -1.97. The highest BCUT2D eigenvalue weighted by atomic mass is 32.1. The van der Waals surface area contributed by atoms with Crippen LogP contribution >= 0.6 is 11.3 Å². The minimum absolute atomic E-state index is 0.0606. The number of carbonyl (C=O) groups is 2. The Labute approximate surface area is 170 Å². The molecule has 2 atom stereocenters. The summed E-state index contributed by atoms with van der Waals surface area (Å²) in [7, 11) is 0. The summed E-state index contributed by atoms with van der Waals surface area (Å²) < 4.78 is 6.60. The second kappa shape index (κ2) is 8.43. The molecular weight excluding hydrogens is 372 g/mol. The van der Waals surface area contributed by atoms with E-state index in [-0.39, 0.29) is 5.91 Å². The minimum atomic E-state index is -0.769. The van der Waals surface area contributed by atoms with E-state index in [4.69, 9.17) is 9.72 Å². The lowest BCUT2D eigenvalue weighted by Gasteiger charge is -2.32. The van der Waals surface area contributed by atoms with Crippen LogP contribution in [0.25, 0.3) is 10.2 Å². The van der Waals surface area contributed by atoms with Crippen LogP contribution in [0.15, 0.2) is 36.9 Å². The summed E-state index contributed by atoms with van der Waals surface area (Å²) in [6.07, 6.45) is 4.65. The number of hydrogen-bond acceptors (Lipinski definition) is 5. The highest BCUT2D eigenvalue weighted by Crippen LogP contribution is 2.36. The monoisotopic (exact) mass is 400 g/mol. The third-order valence-electron chi connectivity index (χ3n) is 4.80. The molecule has 0 spiro atoms. The molecule has 0 saturated carbocycles. The topological polar surface area (TPSA) is 59.5 Å². The number of ether oxygens (including phenoxy) is 1. The number of esters is 1. The van der Waals surface area contributed by atoms with Gasteiger partial charge in [-0.05, 0) is 52.2 Å². The van der Waals surface area contributed by atoms with Gasteiger partial charge in [-0.15, -0.1) is 17.9 Å². The largest absolute Gasteiger partial charge is 0.459 e. The van der Waals surface area contributed by atoms with E-state index < -0.39 is 23.4 Å². The molecule has 3 rings (SSSR count). The van der Waals surface area contributed by atoms with Gasteiger partial charge in [0, 0.05) is 13.1 Å². The summed E-state index contributed by atoms with van der Waals surface area (Å²) in [6.45, 7) is 10.8. The molecule has 1 aliphatic heterocycles. The van der Waals surface area contributed by atoms with Gasteiger partial charge in [0.2, 0.25) is 5.91 Å². The number of aromatic nitrogens is 1. The van der Waals surface area contributed by atoms with Crippen molar-refractivity contribution in [3.8, 4) is 0 Å². The molecule has 1 amide bonds. The number of carbonyl (C=O) groups excluding carboxylic acids is 2. The fourth-order valence-electron chi connectivity index (χ4n) is 3.49. The van der Waals surface area contributed by atoms with Crippen LogP contribution in [0.4, 0.5) is 0 Å². The number of fused-ring (bicyclic) bond motifs is 1. The van der Waals surface area contributed by atoms with Crippen LogP contribution in [0, 0.1) is 5.92 Å². The predicted octanol–water partition coefficient (Wildman–Crippen LogP) is 4.54. The molecule has 0 bridgehead atoms. The highest BCUT2D eigenvalue weighted by Gasteiger charge is 2.40. The molecule has 2 aromatic rings. The summed E-state index contributed by atoms with van der Waals surface area (Å²) >= 11 is 1.46. The number of para-hydroxylation sites is 1. The first-order valence-corrected chi connectivity index (χ1v) is 10.6. The third kappa shape index (κ3) is 4.61. The highest BCUT2D eigenvalue weighted by molar-refractivity contribution is 7.18. The van der Waals surface area contributed by atoms with Gasteiger partial charge in [-0.3, -0.25) is 9.59 Å². The van der Waals surface area contributed by atoms with Crippen LogP contribution in [0.1, 0.15) is 51.0 Å². The van der Waals surface area contributed by atoms with E-state index in [0.717, 1.165) is 42.6 Å². The maximum Gasteiger partial charge on any atom is 0.314 e. The van der Waals surface area contributed by atoms with Gasteiger partial charge in [0.05, 0.1) is 16.1 Å². The van der Waals surface area contributed by atoms with Gasteiger partial charge in [0.25, 0.3) is 0 Å². The Balaban J connectivity index is 2.00. The number of piperidine rings is 1. The Bertz CT molecular complexity index is 829. The Morgan fingerprint density at radius 3 is 2.50 bits per heavy atom. The van der Waals surface area contributed by atoms with Crippen molar-refractivity contribution in [3.63, 3.8) is 0 Å². The molecule has 6 heteroatoms. The number of rotatable bonds is 5. The number of hydrogen-bond donors (Lipinski definition) is 0. The van der Waals surface area contributed by atoms with Gasteiger partial charge in [-0.1, -0.05) is 18.2 Å². The molecule has 150 valence electrons. The van der Waals surface area contributed by atoms with Gasteiger partial charge in [-0.2, -0.15) is 0 Å². The molecule has 1 aromatic carbocycles. The van der Waals surface area contributed by atoms with Crippen molar-refractivity contribution in [2.75, 3.05) is 13.1 Å². The van der Waals surface area contributed by atoms with Crippen molar-refractivity contribution >= 4 is 33.4 Å². The molecule has 1 aliphatic rings. The molecule has 0 unspecified atom stereocenters. The predicted molar refractivity (Wildman–Crippen MR) is 112 cm³/mol. The van der Waals surface area contributed by atoms with Crippen molar-refractivity contribution in [1.82, 2.24) is 9.88 Å². The Morgan fingerprint density at radius 2 is 1.89 bits per heavy atom. The number of thiazole rings is 1. The lowest BCUT2D eigenvalue weighted by Crippen LogP contribution is -2.43. The molecule has 1 aromatic heterocycles. The van der Waals surface area contributed by atoms with Crippen molar-refractivity contribution in [1.29, 1.82) is 0 Å². The molecule has 2 heterocycles. The molecule has 0 aliphatic carbocycles. The fourth-order valence-corrected chi connectivity index (χ4v) is 4.59. The zero-order valence-corrected chi connectivity index (χ0v) is 17.6. The van der Waals surface area contributed by atoms with Crippen LogP contribution in [0.5, 0.6) is 0 Å². The molecular formula is C22H28N2O3S. The van der Waals surface area contributed by atoms with E-state index in [0.29, 0.717) is 5.01 Å². The normalized spacial score (nSPS) is 17.2. The van der Waals surface area contributed by atoms with E-state index >= 15 is 0 Å². The smallest absolute Gasteiger partial charge is 0.314 e. The van der Waals surface area contributed by atoms with Gasteiger partial charge >= 0.3 is 5.97 Å². The van der Waals surface area contributed by atoms with Crippen LogP contribution < -0.4 is 0 Å². The van der Waals surface area contributed by atoms with E-state index in [9.17, 15) is 9.59 Å². The van der Waals surface area contributed by atoms with Gasteiger partial charge in [0.15, 0.2) is 0 Å². The molecule has 0 radical (unpaired) electrons. The third-order valence-corrected chi connectivity index (χ3v) is 5.92. The van der Waals surface area contributed by atoms with Crippen molar-refractivity contribution in [2.45, 2.75) is 51.6 Å². The van der Waals surface area contributed by atoms with Crippen LogP contribution in [0.2, 0.25) is 0 Å². The quantitative estimate of drug-likeness (QED) is 0.546. The number of amides is 1. The van der Waals surface area contributed by atoms with E-state index in [2.05, 4.69) is 6.58 Å². The SMILES string of the molecule is C=C[C@H](C(=O)OC(C)(C)C)[C@H](C(=O)N1CCCCC1)c1nc2ccccc2s1. The summed E-state index contributed by atoms with van der Waals surface area (Å²) in [4.78, 5) is 33.0. The average molecular weight is 401 g/mol. The van der Waals surface area contributed by atoms with E-state index in [1.54, 1.807) is 0 Å². The number of benzene rings is 1. The Morgan fingerprint density at radius 1 is 1.21 bits per heavy atom. The maximum absolute atomic E-state index is 13.5. The standard InChI is InChI=1S/C22H28N2O3S/c1-5-15(21(26)27-22(2,3)4)18(20(25)24-13-9-6-10-14-24)19-23-16-11-7-8-12-17(16)28-19/h5,7-8,11-12,15,18H,1,6,9-10,13-14H2,2-4H3/t15-,18-/m0/s1. The van der Waals surface area contributed by atoms with Crippen molar-refractivity contribution in [3.05, 3.63) is 41.9 Å².